The topological polar surface area (TPSA) is 44.8 Å². The molecule has 0 aliphatic carbocycles. The van der Waals surface area contributed by atoms with Crippen molar-refractivity contribution in [2.45, 2.75) is 6.61 Å². The number of benzene rings is 2. The van der Waals surface area contributed by atoms with Gasteiger partial charge in [0.2, 0.25) is 0 Å². The van der Waals surface area contributed by atoms with E-state index in [0.29, 0.717) is 27.1 Å². The van der Waals surface area contributed by atoms with Crippen LogP contribution in [-0.4, -0.2) is 20.2 Å². The van der Waals surface area contributed by atoms with E-state index in [0.717, 1.165) is 5.56 Å². The van der Waals surface area contributed by atoms with Crippen LogP contribution in [0.15, 0.2) is 36.4 Å². The number of ether oxygens (including phenoxy) is 3. The number of hydrogen-bond acceptors (Lipinski definition) is 4. The number of esters is 1. The molecule has 0 fully saturated rings. The highest BCUT2D eigenvalue weighted by Gasteiger charge is 2.12. The summed E-state index contributed by atoms with van der Waals surface area (Å²) in [5.41, 5.74) is 1.15. The Morgan fingerprint density at radius 2 is 1.82 bits per heavy atom. The fourth-order valence-corrected chi connectivity index (χ4v) is 2.29. The van der Waals surface area contributed by atoms with E-state index in [1.807, 2.05) is 0 Å². The average molecular weight is 341 g/mol. The molecular weight excluding hydrogens is 327 g/mol. The van der Waals surface area contributed by atoms with Gasteiger partial charge in [-0.3, -0.25) is 0 Å². The van der Waals surface area contributed by atoms with Crippen molar-refractivity contribution in [1.29, 1.82) is 0 Å². The van der Waals surface area contributed by atoms with Gasteiger partial charge in [0.15, 0.2) is 11.5 Å². The second-order valence-electron chi connectivity index (χ2n) is 4.38. The molecule has 0 atom stereocenters. The second kappa shape index (κ2) is 7.38. The van der Waals surface area contributed by atoms with Crippen LogP contribution in [0.3, 0.4) is 0 Å². The number of hydrogen-bond donors (Lipinski definition) is 0. The second-order valence-corrected chi connectivity index (χ2v) is 5.23. The molecular formula is C16H14Cl2O4. The van der Waals surface area contributed by atoms with Crippen molar-refractivity contribution in [3.8, 4) is 11.5 Å². The maximum Gasteiger partial charge on any atom is 0.337 e. The number of carbonyl (C=O) groups excluding carboxylic acids is 1. The fourth-order valence-electron chi connectivity index (χ4n) is 1.83. The number of rotatable bonds is 5. The lowest BCUT2D eigenvalue weighted by Crippen LogP contribution is -2.03. The highest BCUT2D eigenvalue weighted by atomic mass is 35.5. The summed E-state index contributed by atoms with van der Waals surface area (Å²) in [6, 6.07) is 9.96. The van der Waals surface area contributed by atoms with E-state index in [9.17, 15) is 4.79 Å². The van der Waals surface area contributed by atoms with Gasteiger partial charge in [-0.15, -0.1) is 0 Å². The van der Waals surface area contributed by atoms with E-state index < -0.39 is 5.97 Å². The first-order valence-electron chi connectivity index (χ1n) is 6.38. The summed E-state index contributed by atoms with van der Waals surface area (Å²) in [6.07, 6.45) is 0. The van der Waals surface area contributed by atoms with E-state index in [4.69, 9.17) is 32.7 Å². The van der Waals surface area contributed by atoms with E-state index >= 15 is 0 Å². The fraction of sp³-hybridized carbons (Fsp3) is 0.188. The van der Waals surface area contributed by atoms with Gasteiger partial charge >= 0.3 is 5.97 Å². The smallest absolute Gasteiger partial charge is 0.337 e. The lowest BCUT2D eigenvalue weighted by atomic mass is 10.2. The molecule has 0 N–H and O–H groups in total. The molecule has 0 radical (unpaired) electrons. The maximum absolute atomic E-state index is 11.6. The molecule has 116 valence electrons. The van der Waals surface area contributed by atoms with Crippen LogP contribution in [-0.2, 0) is 11.3 Å². The number of halogens is 2. The first-order chi connectivity index (χ1) is 10.5. The van der Waals surface area contributed by atoms with Crippen molar-refractivity contribution in [2.24, 2.45) is 0 Å². The normalized spacial score (nSPS) is 10.2. The molecule has 0 saturated carbocycles. The Bertz CT molecular complexity index is 686. The molecule has 2 aromatic carbocycles. The summed E-state index contributed by atoms with van der Waals surface area (Å²) in [5.74, 6) is 0.492. The first kappa shape index (κ1) is 16.5. The molecule has 0 aromatic heterocycles. The van der Waals surface area contributed by atoms with Crippen LogP contribution in [0.4, 0.5) is 0 Å². The third kappa shape index (κ3) is 3.84. The maximum atomic E-state index is 11.6. The van der Waals surface area contributed by atoms with Crippen molar-refractivity contribution < 1.29 is 19.0 Å². The molecule has 0 spiro atoms. The Morgan fingerprint density at radius 1 is 1.05 bits per heavy atom. The van der Waals surface area contributed by atoms with Crippen LogP contribution in [0.1, 0.15) is 15.9 Å². The summed E-state index contributed by atoms with van der Waals surface area (Å²) >= 11 is 12.0. The van der Waals surface area contributed by atoms with Gasteiger partial charge in [0.05, 0.1) is 19.8 Å². The molecule has 0 heterocycles. The first-order valence-corrected chi connectivity index (χ1v) is 7.14. The zero-order valence-corrected chi connectivity index (χ0v) is 13.6. The van der Waals surface area contributed by atoms with Gasteiger partial charge in [0.25, 0.3) is 0 Å². The summed E-state index contributed by atoms with van der Waals surface area (Å²) in [5, 5.41) is 1.06. The third-order valence-corrected chi connectivity index (χ3v) is 3.57. The largest absolute Gasteiger partial charge is 0.493 e. The van der Waals surface area contributed by atoms with Crippen LogP contribution < -0.4 is 9.47 Å². The van der Waals surface area contributed by atoms with Gasteiger partial charge < -0.3 is 14.2 Å². The highest BCUT2D eigenvalue weighted by Crippen LogP contribution is 2.30. The van der Waals surface area contributed by atoms with Crippen molar-refractivity contribution in [1.82, 2.24) is 0 Å². The van der Waals surface area contributed by atoms with Crippen LogP contribution in [0.25, 0.3) is 0 Å². The Hall–Kier alpha value is -1.91. The number of carbonyl (C=O) groups is 1. The van der Waals surface area contributed by atoms with Crippen molar-refractivity contribution in [3.05, 3.63) is 57.6 Å². The Kier molecular flexibility index (Phi) is 5.52. The Morgan fingerprint density at radius 3 is 2.45 bits per heavy atom. The van der Waals surface area contributed by atoms with Crippen molar-refractivity contribution >= 4 is 29.2 Å². The van der Waals surface area contributed by atoms with Gasteiger partial charge in [-0.05, 0) is 30.3 Å². The summed E-state index contributed by atoms with van der Waals surface area (Å²) < 4.78 is 15.6. The molecule has 22 heavy (non-hydrogen) atoms. The standard InChI is InChI=1S/C16H14Cl2O4/c1-20-14-6-4-10(16(19)21-2)7-15(14)22-9-11-3-5-12(17)8-13(11)18/h3-8H,9H2,1-2H3. The van der Waals surface area contributed by atoms with E-state index in [2.05, 4.69) is 4.74 Å². The molecule has 6 heteroatoms. The molecule has 0 unspecified atom stereocenters. The minimum atomic E-state index is -0.447. The summed E-state index contributed by atoms with van der Waals surface area (Å²) in [7, 11) is 2.84. The number of methoxy groups -OCH3 is 2. The minimum Gasteiger partial charge on any atom is -0.493 e. The van der Waals surface area contributed by atoms with E-state index in [1.54, 1.807) is 36.4 Å². The Balaban J connectivity index is 2.22. The molecule has 4 nitrogen and oxygen atoms in total. The summed E-state index contributed by atoms with van der Waals surface area (Å²) in [4.78, 5) is 11.6. The molecule has 0 bridgehead atoms. The lowest BCUT2D eigenvalue weighted by molar-refractivity contribution is 0.0600. The van der Waals surface area contributed by atoms with Gasteiger partial charge in [0.1, 0.15) is 6.61 Å². The Labute approximate surface area is 138 Å². The van der Waals surface area contributed by atoms with Gasteiger partial charge in [-0.25, -0.2) is 4.79 Å². The van der Waals surface area contributed by atoms with E-state index in [1.165, 1.54) is 14.2 Å². The van der Waals surface area contributed by atoms with Crippen molar-refractivity contribution in [2.75, 3.05) is 14.2 Å². The predicted molar refractivity (Wildman–Crippen MR) is 85.1 cm³/mol. The zero-order chi connectivity index (χ0) is 16.1. The van der Waals surface area contributed by atoms with Crippen LogP contribution >= 0.6 is 23.2 Å². The molecule has 2 rings (SSSR count). The molecule has 0 saturated heterocycles. The quantitative estimate of drug-likeness (QED) is 0.758. The molecule has 0 aliphatic rings. The lowest BCUT2D eigenvalue weighted by Gasteiger charge is -2.12. The monoisotopic (exact) mass is 340 g/mol. The highest BCUT2D eigenvalue weighted by molar-refractivity contribution is 6.35. The predicted octanol–water partition coefficient (Wildman–Crippen LogP) is 4.37. The SMILES string of the molecule is COC(=O)c1ccc(OC)c(OCc2ccc(Cl)cc2Cl)c1. The zero-order valence-electron chi connectivity index (χ0n) is 12.1. The van der Waals surface area contributed by atoms with Crippen LogP contribution in [0.5, 0.6) is 11.5 Å². The van der Waals surface area contributed by atoms with E-state index in [-0.39, 0.29) is 6.61 Å². The van der Waals surface area contributed by atoms with Gasteiger partial charge in [-0.2, -0.15) is 0 Å². The van der Waals surface area contributed by atoms with Crippen molar-refractivity contribution in [3.63, 3.8) is 0 Å². The molecule has 0 aliphatic heterocycles. The summed E-state index contributed by atoms with van der Waals surface area (Å²) in [6.45, 7) is 0.219. The van der Waals surface area contributed by atoms with Gasteiger partial charge in [0, 0.05) is 15.6 Å². The van der Waals surface area contributed by atoms with Crippen LogP contribution in [0.2, 0.25) is 10.0 Å². The molecule has 0 amide bonds. The van der Waals surface area contributed by atoms with Crippen LogP contribution in [0, 0.1) is 0 Å². The van der Waals surface area contributed by atoms with Gasteiger partial charge in [-0.1, -0.05) is 29.3 Å². The minimum absolute atomic E-state index is 0.219. The average Bonchev–Trinajstić information content (AvgIpc) is 2.53. The third-order valence-electron chi connectivity index (χ3n) is 2.98. The molecule has 2 aromatic rings.